The van der Waals surface area contributed by atoms with E-state index in [4.69, 9.17) is 5.73 Å². The Kier molecular flexibility index (Phi) is 3.22. The molecule has 0 saturated heterocycles. The molecule has 0 heterocycles. The SMILES string of the molecule is CC(CN)(Nc1ccc(F)c(Br)c1)C1CC1. The molecule has 0 aromatic heterocycles. The zero-order valence-electron chi connectivity index (χ0n) is 9.26. The van der Waals surface area contributed by atoms with Crippen LogP contribution in [0.4, 0.5) is 10.1 Å². The summed E-state index contributed by atoms with van der Waals surface area (Å²) in [5.74, 6) is 0.396. The van der Waals surface area contributed by atoms with Crippen LogP contribution >= 0.6 is 15.9 Å². The molecule has 16 heavy (non-hydrogen) atoms. The summed E-state index contributed by atoms with van der Waals surface area (Å²) in [5.41, 5.74) is 6.65. The van der Waals surface area contributed by atoms with E-state index < -0.39 is 0 Å². The fourth-order valence-electron chi connectivity index (χ4n) is 1.94. The zero-order valence-corrected chi connectivity index (χ0v) is 10.8. The summed E-state index contributed by atoms with van der Waals surface area (Å²) >= 11 is 3.18. The van der Waals surface area contributed by atoms with E-state index in [1.54, 1.807) is 12.1 Å². The van der Waals surface area contributed by atoms with Crippen molar-refractivity contribution < 1.29 is 4.39 Å². The van der Waals surface area contributed by atoms with Crippen molar-refractivity contribution in [2.45, 2.75) is 25.3 Å². The van der Waals surface area contributed by atoms with Crippen LogP contribution in [-0.2, 0) is 0 Å². The molecule has 1 fully saturated rings. The fraction of sp³-hybridized carbons (Fsp3) is 0.500. The highest BCUT2D eigenvalue weighted by atomic mass is 79.9. The number of nitrogens with two attached hydrogens (primary N) is 1. The Morgan fingerprint density at radius 2 is 2.25 bits per heavy atom. The van der Waals surface area contributed by atoms with Crippen LogP contribution in [0.25, 0.3) is 0 Å². The molecule has 0 amide bonds. The van der Waals surface area contributed by atoms with Gasteiger partial charge in [-0.25, -0.2) is 4.39 Å². The van der Waals surface area contributed by atoms with Crippen LogP contribution in [0, 0.1) is 11.7 Å². The third-order valence-electron chi connectivity index (χ3n) is 3.25. The average Bonchev–Trinajstić information content (AvgIpc) is 3.07. The largest absolute Gasteiger partial charge is 0.378 e. The van der Waals surface area contributed by atoms with Crippen molar-refractivity contribution in [2.75, 3.05) is 11.9 Å². The van der Waals surface area contributed by atoms with E-state index in [1.165, 1.54) is 18.9 Å². The highest BCUT2D eigenvalue weighted by Gasteiger charge is 2.40. The molecule has 2 nitrogen and oxygen atoms in total. The Labute approximate surface area is 104 Å². The van der Waals surface area contributed by atoms with Gasteiger partial charge >= 0.3 is 0 Å². The Balaban J connectivity index is 2.15. The molecule has 0 spiro atoms. The Morgan fingerprint density at radius 1 is 1.56 bits per heavy atom. The lowest BCUT2D eigenvalue weighted by molar-refractivity contribution is 0.459. The molecule has 1 aliphatic rings. The Hall–Kier alpha value is -0.610. The molecule has 88 valence electrons. The lowest BCUT2D eigenvalue weighted by atomic mass is 9.95. The molecular formula is C12H16BrFN2. The zero-order chi connectivity index (χ0) is 11.8. The highest BCUT2D eigenvalue weighted by molar-refractivity contribution is 9.10. The molecular weight excluding hydrogens is 271 g/mol. The molecule has 0 aliphatic heterocycles. The van der Waals surface area contributed by atoms with Crippen molar-refractivity contribution in [3.63, 3.8) is 0 Å². The third-order valence-corrected chi connectivity index (χ3v) is 3.86. The number of nitrogens with one attached hydrogen (secondary N) is 1. The minimum atomic E-state index is -0.244. The van der Waals surface area contributed by atoms with E-state index in [9.17, 15) is 4.39 Å². The number of anilines is 1. The molecule has 1 aromatic carbocycles. The number of hydrogen-bond donors (Lipinski definition) is 2. The van der Waals surface area contributed by atoms with Crippen molar-refractivity contribution in [1.29, 1.82) is 0 Å². The van der Waals surface area contributed by atoms with Crippen LogP contribution in [0.15, 0.2) is 22.7 Å². The molecule has 2 rings (SSSR count). The first-order valence-corrected chi connectivity index (χ1v) is 6.28. The van der Waals surface area contributed by atoms with Gasteiger partial charge in [0.15, 0.2) is 0 Å². The van der Waals surface area contributed by atoms with Gasteiger partial charge in [0.25, 0.3) is 0 Å². The van der Waals surface area contributed by atoms with Gasteiger partial charge in [-0.3, -0.25) is 0 Å². The predicted molar refractivity (Wildman–Crippen MR) is 67.9 cm³/mol. The van der Waals surface area contributed by atoms with Crippen LogP contribution in [0.2, 0.25) is 0 Å². The number of benzene rings is 1. The molecule has 1 unspecified atom stereocenters. The van der Waals surface area contributed by atoms with Crippen LogP contribution < -0.4 is 11.1 Å². The van der Waals surface area contributed by atoms with Crippen LogP contribution in [-0.4, -0.2) is 12.1 Å². The van der Waals surface area contributed by atoms with Gasteiger partial charge in [0.05, 0.1) is 4.47 Å². The maximum Gasteiger partial charge on any atom is 0.137 e. The summed E-state index contributed by atoms with van der Waals surface area (Å²) in [6.45, 7) is 2.72. The van der Waals surface area contributed by atoms with E-state index in [0.717, 1.165) is 5.69 Å². The van der Waals surface area contributed by atoms with Crippen LogP contribution in [0.3, 0.4) is 0 Å². The van der Waals surface area contributed by atoms with Crippen molar-refractivity contribution in [1.82, 2.24) is 0 Å². The summed E-state index contributed by atoms with van der Waals surface area (Å²) in [4.78, 5) is 0. The average molecular weight is 287 g/mol. The quantitative estimate of drug-likeness (QED) is 0.893. The van der Waals surface area contributed by atoms with E-state index in [0.29, 0.717) is 16.9 Å². The minimum Gasteiger partial charge on any atom is -0.378 e. The van der Waals surface area contributed by atoms with Gasteiger partial charge in [-0.1, -0.05) is 0 Å². The summed E-state index contributed by atoms with van der Waals surface area (Å²) in [6.07, 6.45) is 2.45. The van der Waals surface area contributed by atoms with Crippen LogP contribution in [0.5, 0.6) is 0 Å². The number of rotatable bonds is 4. The third kappa shape index (κ3) is 2.38. The second kappa shape index (κ2) is 4.34. The van der Waals surface area contributed by atoms with Crippen molar-refractivity contribution in [3.05, 3.63) is 28.5 Å². The minimum absolute atomic E-state index is 0.0722. The number of hydrogen-bond acceptors (Lipinski definition) is 2. The summed E-state index contributed by atoms with van der Waals surface area (Å²) in [6, 6.07) is 4.96. The standard InChI is InChI=1S/C12H16BrFN2/c1-12(7-15,8-2-3-8)16-9-4-5-11(14)10(13)6-9/h4-6,8,16H,2-3,7,15H2,1H3. The summed E-state index contributed by atoms with van der Waals surface area (Å²) < 4.78 is 13.6. The Morgan fingerprint density at radius 3 is 2.75 bits per heavy atom. The van der Waals surface area contributed by atoms with E-state index >= 15 is 0 Å². The van der Waals surface area contributed by atoms with Crippen molar-refractivity contribution in [2.24, 2.45) is 11.7 Å². The smallest absolute Gasteiger partial charge is 0.137 e. The molecule has 4 heteroatoms. The van der Waals surface area contributed by atoms with Crippen molar-refractivity contribution >= 4 is 21.6 Å². The van der Waals surface area contributed by atoms with Gasteiger partial charge in [-0.05, 0) is 59.8 Å². The highest BCUT2D eigenvalue weighted by Crippen LogP contribution is 2.41. The first-order chi connectivity index (χ1) is 7.55. The normalized spacial score (nSPS) is 19.2. The second-order valence-corrected chi connectivity index (χ2v) is 5.50. The molecule has 1 atom stereocenters. The van der Waals surface area contributed by atoms with Gasteiger partial charge < -0.3 is 11.1 Å². The van der Waals surface area contributed by atoms with Crippen LogP contribution in [0.1, 0.15) is 19.8 Å². The van der Waals surface area contributed by atoms with E-state index in [2.05, 4.69) is 28.2 Å². The van der Waals surface area contributed by atoms with Gasteiger partial charge in [0.1, 0.15) is 5.82 Å². The van der Waals surface area contributed by atoms with Gasteiger partial charge in [-0.15, -0.1) is 0 Å². The fourth-order valence-corrected chi connectivity index (χ4v) is 2.32. The molecule has 1 aliphatic carbocycles. The topological polar surface area (TPSA) is 38.0 Å². The lowest BCUT2D eigenvalue weighted by Crippen LogP contribution is -2.44. The van der Waals surface area contributed by atoms with Gasteiger partial charge in [0, 0.05) is 17.8 Å². The second-order valence-electron chi connectivity index (χ2n) is 4.65. The molecule has 0 bridgehead atoms. The van der Waals surface area contributed by atoms with Crippen molar-refractivity contribution in [3.8, 4) is 0 Å². The molecule has 1 saturated carbocycles. The van der Waals surface area contributed by atoms with E-state index in [-0.39, 0.29) is 11.4 Å². The summed E-state index contributed by atoms with van der Waals surface area (Å²) in [7, 11) is 0. The van der Waals surface area contributed by atoms with E-state index in [1.807, 2.05) is 0 Å². The van der Waals surface area contributed by atoms with Gasteiger partial charge in [-0.2, -0.15) is 0 Å². The maximum atomic E-state index is 13.1. The number of halogens is 2. The van der Waals surface area contributed by atoms with Gasteiger partial charge in [0.2, 0.25) is 0 Å². The monoisotopic (exact) mass is 286 g/mol. The maximum absolute atomic E-state index is 13.1. The predicted octanol–water partition coefficient (Wildman–Crippen LogP) is 3.13. The lowest BCUT2D eigenvalue weighted by Gasteiger charge is -2.30. The first kappa shape index (κ1) is 11.9. The Bertz CT molecular complexity index is 393. The molecule has 1 aromatic rings. The first-order valence-electron chi connectivity index (χ1n) is 5.48. The summed E-state index contributed by atoms with van der Waals surface area (Å²) in [5, 5.41) is 3.41. The molecule has 0 radical (unpaired) electrons. The molecule has 3 N–H and O–H groups in total.